The third kappa shape index (κ3) is 24.7. The summed E-state index contributed by atoms with van der Waals surface area (Å²) < 4.78 is 0. The highest BCUT2D eigenvalue weighted by atomic mass is 16.4. The lowest BCUT2D eigenvalue weighted by molar-refractivity contribution is -0.144. The largest absolute Gasteiger partial charge is 0.481 e. The number of unbranched alkanes of at least 4 members (excludes halogenated alkanes) is 1. The average molecular weight is 999 g/mol. The summed E-state index contributed by atoms with van der Waals surface area (Å²) in [6.45, 7) is 12.8. The van der Waals surface area contributed by atoms with E-state index in [0.29, 0.717) is 19.3 Å². The van der Waals surface area contributed by atoms with Gasteiger partial charge in [-0.3, -0.25) is 52.7 Å². The van der Waals surface area contributed by atoms with Crippen molar-refractivity contribution in [1.82, 2.24) is 42.5 Å². The second-order valence-corrected chi connectivity index (χ2v) is 18.1. The molecular weight excluding hydrogens is 921 g/mol. The fraction of sp³-hybridized carbons (Fsp3) is 0.727. The lowest BCUT2D eigenvalue weighted by Gasteiger charge is -2.28. The number of carbonyl (C=O) groups excluding carboxylic acids is 10. The maximum atomic E-state index is 13.8. The van der Waals surface area contributed by atoms with Crippen molar-refractivity contribution in [1.29, 1.82) is 0 Å². The fourth-order valence-electron chi connectivity index (χ4n) is 6.60. The zero-order valence-electron chi connectivity index (χ0n) is 41.5. The number of nitrogens with two attached hydrogens (primary N) is 4. The zero-order valence-corrected chi connectivity index (χ0v) is 41.5. The fourth-order valence-corrected chi connectivity index (χ4v) is 6.60. The van der Waals surface area contributed by atoms with Gasteiger partial charge in [0.25, 0.3) is 0 Å². The number of carboxylic acids is 2. The van der Waals surface area contributed by atoms with E-state index in [1.54, 1.807) is 41.5 Å². The number of hydrogen-bond donors (Lipinski definition) is 14. The average Bonchev–Trinajstić information content (AvgIpc) is 3.27. The summed E-state index contributed by atoms with van der Waals surface area (Å²) >= 11 is 0. The van der Waals surface area contributed by atoms with Crippen molar-refractivity contribution in [2.75, 3.05) is 6.54 Å². The standard InChI is InChI=1S/C44H78N12O14/c1-9-23(6)35(44(69)70)56-41(66)27(12-10-11-19-45)52-40(65)28(14-17-32(48)58)53-43(68)34(22(4)5)55-37(62)25(8)49-39(64)29(15-18-33(59)60)51-36(61)24(7)50-42(67)30(20-21(2)3)54-38(63)26(46)13-16-31(47)57/h21-30,34-35H,9-20,45-46H2,1-8H3,(H2,47,57)(H2,48,58)(H,49,64)(H,50,67)(H,51,61)(H,52,65)(H,53,68)(H,54,63)(H,55,62)(H,56,66)(H,59,60)(H,69,70)/t23-,24-,25-,26-,27-,28-,29-,30-,34-,35-/m0/s1. The van der Waals surface area contributed by atoms with Crippen LogP contribution >= 0.6 is 0 Å². The molecule has 0 fully saturated rings. The molecule has 0 unspecified atom stereocenters. The predicted octanol–water partition coefficient (Wildman–Crippen LogP) is -3.41. The second-order valence-electron chi connectivity index (χ2n) is 18.1. The Kier molecular flexibility index (Phi) is 29.4. The molecule has 0 spiro atoms. The first kappa shape index (κ1) is 63.6. The lowest BCUT2D eigenvalue weighted by Crippen LogP contribution is -2.60. The Labute approximate surface area is 408 Å². The Bertz CT molecular complexity index is 1830. The van der Waals surface area contributed by atoms with Crippen molar-refractivity contribution in [2.24, 2.45) is 40.7 Å². The smallest absolute Gasteiger partial charge is 0.326 e. The summed E-state index contributed by atoms with van der Waals surface area (Å²) in [5, 5.41) is 38.8. The van der Waals surface area contributed by atoms with E-state index in [4.69, 9.17) is 22.9 Å². The summed E-state index contributed by atoms with van der Waals surface area (Å²) in [5.41, 5.74) is 21.9. The van der Waals surface area contributed by atoms with Crippen LogP contribution in [0, 0.1) is 17.8 Å². The van der Waals surface area contributed by atoms with Gasteiger partial charge in [-0.05, 0) is 83.1 Å². The molecule has 0 heterocycles. The summed E-state index contributed by atoms with van der Waals surface area (Å²) in [6.07, 6.45) is -0.659. The second kappa shape index (κ2) is 32.4. The van der Waals surface area contributed by atoms with E-state index in [9.17, 15) is 67.7 Å². The maximum Gasteiger partial charge on any atom is 0.326 e. The summed E-state index contributed by atoms with van der Waals surface area (Å²) in [5.74, 6) is -12.4. The highest BCUT2D eigenvalue weighted by molar-refractivity contribution is 5.98. The number of carbonyl (C=O) groups is 12. The Morgan fingerprint density at radius 1 is 0.471 bits per heavy atom. The molecule has 0 bridgehead atoms. The highest BCUT2D eigenvalue weighted by Gasteiger charge is 2.35. The van der Waals surface area contributed by atoms with E-state index in [2.05, 4.69) is 42.5 Å². The number of primary amides is 2. The first-order valence-electron chi connectivity index (χ1n) is 23.5. The number of hydrogen-bond acceptors (Lipinski definition) is 14. The molecule has 10 amide bonds. The van der Waals surface area contributed by atoms with Gasteiger partial charge in [0, 0.05) is 19.3 Å². The Balaban J connectivity index is 6.20. The van der Waals surface area contributed by atoms with Gasteiger partial charge in [0.2, 0.25) is 59.1 Å². The van der Waals surface area contributed by atoms with Gasteiger partial charge in [0.15, 0.2) is 0 Å². The van der Waals surface area contributed by atoms with Crippen molar-refractivity contribution >= 4 is 71.0 Å². The minimum absolute atomic E-state index is 0.0429. The van der Waals surface area contributed by atoms with E-state index >= 15 is 0 Å². The van der Waals surface area contributed by atoms with Crippen LogP contribution in [0.3, 0.4) is 0 Å². The molecule has 398 valence electrons. The van der Waals surface area contributed by atoms with Gasteiger partial charge in [-0.25, -0.2) is 4.79 Å². The van der Waals surface area contributed by atoms with Gasteiger partial charge in [0.05, 0.1) is 6.04 Å². The number of aliphatic carboxylic acids is 2. The maximum absolute atomic E-state index is 13.8. The van der Waals surface area contributed by atoms with Gasteiger partial charge in [-0.2, -0.15) is 0 Å². The quantitative estimate of drug-likeness (QED) is 0.0275. The predicted molar refractivity (Wildman–Crippen MR) is 253 cm³/mol. The first-order valence-corrected chi connectivity index (χ1v) is 23.5. The molecule has 18 N–H and O–H groups in total. The van der Waals surface area contributed by atoms with Crippen LogP contribution in [0.5, 0.6) is 0 Å². The summed E-state index contributed by atoms with van der Waals surface area (Å²) in [4.78, 5) is 154. The molecule has 0 aliphatic carbocycles. The van der Waals surface area contributed by atoms with Crippen molar-refractivity contribution in [3.63, 3.8) is 0 Å². The van der Waals surface area contributed by atoms with Crippen molar-refractivity contribution in [2.45, 2.75) is 180 Å². The molecule has 0 aromatic carbocycles. The van der Waals surface area contributed by atoms with Crippen LogP contribution in [0.2, 0.25) is 0 Å². The topological polar surface area (TPSA) is 446 Å². The van der Waals surface area contributed by atoms with E-state index in [1.807, 2.05) is 0 Å². The molecule has 0 aliphatic heterocycles. The third-order valence-corrected chi connectivity index (χ3v) is 11.1. The van der Waals surface area contributed by atoms with Crippen molar-refractivity contribution in [3.05, 3.63) is 0 Å². The Morgan fingerprint density at radius 2 is 0.886 bits per heavy atom. The normalized spacial score (nSPS) is 15.4. The van der Waals surface area contributed by atoms with Crippen LogP contribution in [0.1, 0.15) is 126 Å². The Morgan fingerprint density at radius 3 is 1.36 bits per heavy atom. The van der Waals surface area contributed by atoms with Crippen LogP contribution in [-0.4, -0.2) is 142 Å². The molecule has 0 saturated carbocycles. The van der Waals surface area contributed by atoms with E-state index in [1.165, 1.54) is 13.8 Å². The SMILES string of the molecule is CC[C@H](C)[C@H](NC(=O)[C@H](CCCCN)NC(=O)[C@H](CCC(N)=O)NC(=O)[C@@H](NC(=O)[C@H](C)NC(=O)[C@H](CCC(=O)O)NC(=O)[C@H](C)NC(=O)[C@H](CC(C)C)NC(=O)[C@@H](N)CCC(N)=O)C(C)C)C(=O)O. The van der Waals surface area contributed by atoms with Crippen LogP contribution in [0.4, 0.5) is 0 Å². The molecule has 0 aliphatic rings. The van der Waals surface area contributed by atoms with E-state index in [0.717, 1.165) is 0 Å². The number of carboxylic acid groups (broad SMARTS) is 2. The molecule has 0 rings (SSSR count). The molecule has 0 aromatic heterocycles. The monoisotopic (exact) mass is 999 g/mol. The third-order valence-electron chi connectivity index (χ3n) is 11.1. The summed E-state index contributed by atoms with van der Waals surface area (Å²) in [7, 11) is 0. The molecule has 0 aromatic rings. The molecule has 10 atom stereocenters. The molecule has 26 heteroatoms. The first-order chi connectivity index (χ1) is 32.6. The molecule has 0 saturated heterocycles. The van der Waals surface area contributed by atoms with Crippen LogP contribution in [-0.2, 0) is 57.5 Å². The number of rotatable bonds is 35. The molecular formula is C44H78N12O14. The lowest BCUT2D eigenvalue weighted by atomic mass is 9.98. The van der Waals surface area contributed by atoms with Crippen LogP contribution < -0.4 is 65.5 Å². The zero-order chi connectivity index (χ0) is 54.0. The molecule has 0 radical (unpaired) electrons. The van der Waals surface area contributed by atoms with E-state index in [-0.39, 0.29) is 44.6 Å². The van der Waals surface area contributed by atoms with Gasteiger partial charge in [0.1, 0.15) is 48.3 Å². The Hall–Kier alpha value is -6.44. The van der Waals surface area contributed by atoms with Crippen LogP contribution in [0.25, 0.3) is 0 Å². The molecule has 70 heavy (non-hydrogen) atoms. The van der Waals surface area contributed by atoms with Gasteiger partial charge in [-0.1, -0.05) is 48.0 Å². The van der Waals surface area contributed by atoms with Gasteiger partial charge in [-0.15, -0.1) is 0 Å². The van der Waals surface area contributed by atoms with Gasteiger partial charge >= 0.3 is 11.9 Å². The minimum Gasteiger partial charge on any atom is -0.481 e. The minimum atomic E-state index is -1.56. The summed E-state index contributed by atoms with van der Waals surface area (Å²) in [6, 6.07) is -12.1. The number of nitrogens with one attached hydrogen (secondary N) is 8. The highest BCUT2D eigenvalue weighted by Crippen LogP contribution is 2.12. The van der Waals surface area contributed by atoms with Gasteiger partial charge < -0.3 is 75.7 Å². The molecule has 26 nitrogen and oxygen atoms in total. The van der Waals surface area contributed by atoms with Crippen LogP contribution in [0.15, 0.2) is 0 Å². The number of amides is 10. The van der Waals surface area contributed by atoms with Crippen molar-refractivity contribution in [3.8, 4) is 0 Å². The van der Waals surface area contributed by atoms with E-state index < -0.39 is 156 Å². The van der Waals surface area contributed by atoms with Crippen molar-refractivity contribution < 1.29 is 67.7 Å².